The second kappa shape index (κ2) is 5.85. The summed E-state index contributed by atoms with van der Waals surface area (Å²) in [5.74, 6) is 0.918. The molecule has 110 valence electrons. The summed E-state index contributed by atoms with van der Waals surface area (Å²) in [5, 5.41) is 20.5. The molecule has 0 saturated carbocycles. The first kappa shape index (κ1) is 14.1. The van der Waals surface area contributed by atoms with E-state index in [1.165, 1.54) is 0 Å². The van der Waals surface area contributed by atoms with Crippen LogP contribution >= 0.6 is 0 Å². The van der Waals surface area contributed by atoms with Gasteiger partial charge in [0, 0.05) is 5.39 Å². The highest BCUT2D eigenvalue weighted by Crippen LogP contribution is 2.37. The van der Waals surface area contributed by atoms with Gasteiger partial charge in [-0.05, 0) is 48.2 Å². The van der Waals surface area contributed by atoms with E-state index in [0.29, 0.717) is 11.4 Å². The molecule has 3 rings (SSSR count). The van der Waals surface area contributed by atoms with E-state index in [0.717, 1.165) is 22.1 Å². The Bertz CT molecular complexity index is 840. The number of fused-ring (bicyclic) bond motifs is 1. The Morgan fingerprint density at radius 2 is 1.59 bits per heavy atom. The number of azo groups is 1. The van der Waals surface area contributed by atoms with E-state index < -0.39 is 0 Å². The zero-order chi connectivity index (χ0) is 15.5. The van der Waals surface area contributed by atoms with Crippen LogP contribution < -0.4 is 4.74 Å². The van der Waals surface area contributed by atoms with Gasteiger partial charge in [-0.3, -0.25) is 0 Å². The molecule has 3 aromatic carbocycles. The Hall–Kier alpha value is -2.88. The molecule has 0 saturated heterocycles. The molecule has 1 N–H and O–H groups in total. The lowest BCUT2D eigenvalue weighted by Gasteiger charge is -2.07. The van der Waals surface area contributed by atoms with Gasteiger partial charge in [0.15, 0.2) is 5.75 Å². The van der Waals surface area contributed by atoms with E-state index in [-0.39, 0.29) is 5.75 Å². The molecule has 0 spiro atoms. The molecule has 3 aromatic rings. The molecule has 22 heavy (non-hydrogen) atoms. The minimum absolute atomic E-state index is 0.151. The fourth-order valence-corrected chi connectivity index (χ4v) is 2.36. The highest BCUT2D eigenvalue weighted by molar-refractivity contribution is 5.94. The van der Waals surface area contributed by atoms with E-state index >= 15 is 0 Å². The van der Waals surface area contributed by atoms with Gasteiger partial charge in [-0.25, -0.2) is 0 Å². The van der Waals surface area contributed by atoms with Crippen molar-refractivity contribution in [2.75, 3.05) is 7.11 Å². The largest absolute Gasteiger partial charge is 0.505 e. The molecular formula is C18H16N2O2. The summed E-state index contributed by atoms with van der Waals surface area (Å²) in [6.07, 6.45) is 0. The van der Waals surface area contributed by atoms with Gasteiger partial charge in [0.2, 0.25) is 0 Å². The third-order valence-electron chi connectivity index (χ3n) is 3.55. The summed E-state index contributed by atoms with van der Waals surface area (Å²) < 4.78 is 5.10. The smallest absolute Gasteiger partial charge is 0.150 e. The van der Waals surface area contributed by atoms with E-state index in [4.69, 9.17) is 4.74 Å². The van der Waals surface area contributed by atoms with Crippen molar-refractivity contribution < 1.29 is 9.84 Å². The predicted octanol–water partition coefficient (Wildman–Crippen LogP) is 5.28. The van der Waals surface area contributed by atoms with Gasteiger partial charge in [0.25, 0.3) is 0 Å². The van der Waals surface area contributed by atoms with E-state index in [1.54, 1.807) is 7.11 Å². The summed E-state index contributed by atoms with van der Waals surface area (Å²) in [5.41, 5.74) is 2.22. The van der Waals surface area contributed by atoms with Crippen LogP contribution in [-0.2, 0) is 0 Å². The zero-order valence-electron chi connectivity index (χ0n) is 12.4. The van der Waals surface area contributed by atoms with Crippen molar-refractivity contribution in [1.82, 2.24) is 0 Å². The van der Waals surface area contributed by atoms with Gasteiger partial charge in [-0.2, -0.15) is 5.11 Å². The van der Waals surface area contributed by atoms with Crippen molar-refractivity contribution in [3.8, 4) is 11.5 Å². The average Bonchev–Trinajstić information content (AvgIpc) is 2.57. The molecule has 0 fully saturated rings. The first-order chi connectivity index (χ1) is 10.7. The number of nitrogens with zero attached hydrogens (tertiary/aromatic N) is 2. The summed E-state index contributed by atoms with van der Waals surface area (Å²) in [7, 11) is 1.62. The quantitative estimate of drug-likeness (QED) is 0.668. The Labute approximate surface area is 128 Å². The van der Waals surface area contributed by atoms with Crippen LogP contribution in [0.1, 0.15) is 5.56 Å². The lowest BCUT2D eigenvalue weighted by molar-refractivity contribution is 0.415. The molecule has 0 aliphatic carbocycles. The fourth-order valence-electron chi connectivity index (χ4n) is 2.36. The Kier molecular flexibility index (Phi) is 3.74. The number of benzene rings is 3. The standard InChI is InChI=1S/C18H16N2O2/c1-12-11-17(18(21)16-6-4-3-5-15(12)16)20-19-13-7-9-14(22-2)10-8-13/h3-11,21H,1-2H3. The summed E-state index contributed by atoms with van der Waals surface area (Å²) in [4.78, 5) is 0. The number of hydrogen-bond donors (Lipinski definition) is 1. The minimum Gasteiger partial charge on any atom is -0.505 e. The number of aryl methyl sites for hydroxylation is 1. The number of methoxy groups -OCH3 is 1. The molecule has 0 unspecified atom stereocenters. The molecule has 0 bridgehead atoms. The number of ether oxygens (including phenoxy) is 1. The third-order valence-corrected chi connectivity index (χ3v) is 3.55. The van der Waals surface area contributed by atoms with Gasteiger partial charge < -0.3 is 9.84 Å². The summed E-state index contributed by atoms with van der Waals surface area (Å²) in [6.45, 7) is 1.99. The Morgan fingerprint density at radius 1 is 0.909 bits per heavy atom. The molecule has 0 aliphatic heterocycles. The van der Waals surface area contributed by atoms with Crippen LogP contribution in [0, 0.1) is 6.92 Å². The average molecular weight is 292 g/mol. The van der Waals surface area contributed by atoms with Gasteiger partial charge in [-0.15, -0.1) is 5.11 Å². The first-order valence-corrected chi connectivity index (χ1v) is 6.96. The molecule has 0 aliphatic rings. The van der Waals surface area contributed by atoms with Crippen LogP contribution in [0.15, 0.2) is 64.8 Å². The topological polar surface area (TPSA) is 54.2 Å². The summed E-state index contributed by atoms with van der Waals surface area (Å²) >= 11 is 0. The SMILES string of the molecule is COc1ccc(N=Nc2cc(C)c3ccccc3c2O)cc1. The monoisotopic (exact) mass is 292 g/mol. The van der Waals surface area contributed by atoms with Crippen LogP contribution in [0.5, 0.6) is 11.5 Å². The van der Waals surface area contributed by atoms with Crippen LogP contribution in [0.2, 0.25) is 0 Å². The fraction of sp³-hybridized carbons (Fsp3) is 0.111. The molecule has 0 heterocycles. The maximum Gasteiger partial charge on any atom is 0.150 e. The lowest BCUT2D eigenvalue weighted by Crippen LogP contribution is -1.80. The first-order valence-electron chi connectivity index (χ1n) is 6.96. The van der Waals surface area contributed by atoms with Crippen LogP contribution in [-0.4, -0.2) is 12.2 Å². The van der Waals surface area contributed by atoms with Crippen LogP contribution in [0.25, 0.3) is 10.8 Å². The van der Waals surface area contributed by atoms with Crippen molar-refractivity contribution in [2.45, 2.75) is 6.92 Å². The van der Waals surface area contributed by atoms with Crippen molar-refractivity contribution in [2.24, 2.45) is 10.2 Å². The molecule has 0 aromatic heterocycles. The van der Waals surface area contributed by atoms with E-state index in [2.05, 4.69) is 10.2 Å². The van der Waals surface area contributed by atoms with Crippen LogP contribution in [0.3, 0.4) is 0 Å². The van der Waals surface area contributed by atoms with Gasteiger partial charge in [-0.1, -0.05) is 24.3 Å². The van der Waals surface area contributed by atoms with Crippen molar-refractivity contribution in [1.29, 1.82) is 0 Å². The summed E-state index contributed by atoms with van der Waals surface area (Å²) in [6, 6.07) is 16.8. The third kappa shape index (κ3) is 2.63. The second-order valence-electron chi connectivity index (χ2n) is 5.00. The molecule has 4 heteroatoms. The number of phenolic OH excluding ortho intramolecular Hbond substituents is 1. The number of hydrogen-bond acceptors (Lipinski definition) is 4. The highest BCUT2D eigenvalue weighted by Gasteiger charge is 2.08. The molecule has 4 nitrogen and oxygen atoms in total. The minimum atomic E-state index is 0.151. The normalized spacial score (nSPS) is 11.2. The van der Waals surface area contributed by atoms with Crippen molar-refractivity contribution in [3.63, 3.8) is 0 Å². The molecule has 0 amide bonds. The lowest BCUT2D eigenvalue weighted by atomic mass is 10.0. The maximum atomic E-state index is 10.4. The van der Waals surface area contributed by atoms with Gasteiger partial charge in [0.05, 0.1) is 12.8 Å². The number of rotatable bonds is 3. The highest BCUT2D eigenvalue weighted by atomic mass is 16.5. The van der Waals surface area contributed by atoms with E-state index in [9.17, 15) is 5.11 Å². The second-order valence-corrected chi connectivity index (χ2v) is 5.00. The van der Waals surface area contributed by atoms with Crippen molar-refractivity contribution in [3.05, 3.63) is 60.2 Å². The number of phenols is 1. The van der Waals surface area contributed by atoms with Gasteiger partial charge >= 0.3 is 0 Å². The molecular weight excluding hydrogens is 276 g/mol. The molecule has 0 radical (unpaired) electrons. The molecule has 0 atom stereocenters. The van der Waals surface area contributed by atoms with E-state index in [1.807, 2.05) is 61.5 Å². The Balaban J connectivity index is 1.99. The maximum absolute atomic E-state index is 10.4. The number of aromatic hydroxyl groups is 1. The zero-order valence-corrected chi connectivity index (χ0v) is 12.4. The van der Waals surface area contributed by atoms with Crippen LogP contribution in [0.4, 0.5) is 11.4 Å². The Morgan fingerprint density at radius 3 is 2.27 bits per heavy atom. The van der Waals surface area contributed by atoms with Crippen molar-refractivity contribution >= 4 is 22.1 Å². The predicted molar refractivity (Wildman–Crippen MR) is 87.5 cm³/mol. The van der Waals surface area contributed by atoms with Gasteiger partial charge in [0.1, 0.15) is 11.4 Å².